The number of rotatable bonds is 4. The molecule has 2 nitrogen and oxygen atoms in total. The number of hydrogen-bond acceptors (Lipinski definition) is 2. The van der Waals surface area contributed by atoms with Crippen molar-refractivity contribution in [1.29, 1.82) is 0 Å². The second kappa shape index (κ2) is 8.80. The molecule has 0 aromatic heterocycles. The molecule has 0 saturated heterocycles. The van der Waals surface area contributed by atoms with Gasteiger partial charge in [0.05, 0.1) is 11.7 Å². The monoisotopic (exact) mass is 390 g/mol. The highest BCUT2D eigenvalue weighted by Gasteiger charge is 2.47. The average molecular weight is 391 g/mol. The quantitative estimate of drug-likeness (QED) is 0.538. The van der Waals surface area contributed by atoms with Crippen LogP contribution in [0.4, 0.5) is 0 Å². The van der Waals surface area contributed by atoms with Crippen LogP contribution in [0.1, 0.15) is 105 Å². The highest BCUT2D eigenvalue weighted by molar-refractivity contribution is 5.23. The van der Waals surface area contributed by atoms with Crippen LogP contribution in [0.15, 0.2) is 11.6 Å². The third-order valence-electron chi connectivity index (χ3n) is 8.99. The Labute approximate surface area is 174 Å². The molecule has 0 amide bonds. The maximum Gasteiger partial charge on any atom is 0.0591 e. The summed E-state index contributed by atoms with van der Waals surface area (Å²) in [7, 11) is 0. The number of aliphatic hydroxyl groups excluding tert-OH is 1. The lowest BCUT2D eigenvalue weighted by Gasteiger charge is -2.52. The molecule has 2 saturated carbocycles. The van der Waals surface area contributed by atoms with Crippen molar-refractivity contribution in [1.82, 2.24) is 0 Å². The van der Waals surface area contributed by atoms with E-state index >= 15 is 0 Å². The molecule has 0 heterocycles. The molecule has 28 heavy (non-hydrogen) atoms. The molecule has 2 heteroatoms. The largest absolute Gasteiger partial charge is 0.393 e. The second-order valence-corrected chi connectivity index (χ2v) is 11.6. The molecular weight excluding hydrogens is 344 g/mol. The van der Waals surface area contributed by atoms with Gasteiger partial charge in [0.25, 0.3) is 0 Å². The van der Waals surface area contributed by atoms with Gasteiger partial charge in [-0.25, -0.2) is 0 Å². The van der Waals surface area contributed by atoms with Gasteiger partial charge in [0.15, 0.2) is 0 Å². The molecule has 3 aliphatic rings. The molecule has 7 atom stereocenters. The van der Waals surface area contributed by atoms with Gasteiger partial charge >= 0.3 is 0 Å². The van der Waals surface area contributed by atoms with Crippen LogP contribution >= 0.6 is 0 Å². The van der Waals surface area contributed by atoms with Gasteiger partial charge < -0.3 is 10.2 Å². The van der Waals surface area contributed by atoms with Gasteiger partial charge in [-0.2, -0.15) is 0 Å². The van der Waals surface area contributed by atoms with E-state index in [1.54, 1.807) is 5.57 Å². The predicted molar refractivity (Wildman–Crippen MR) is 118 cm³/mol. The van der Waals surface area contributed by atoms with Crippen LogP contribution in [0.25, 0.3) is 0 Å². The van der Waals surface area contributed by atoms with E-state index in [0.717, 1.165) is 49.4 Å². The Kier molecular flexibility index (Phi) is 7.02. The van der Waals surface area contributed by atoms with Crippen LogP contribution < -0.4 is 0 Å². The summed E-state index contributed by atoms with van der Waals surface area (Å²) >= 11 is 0. The van der Waals surface area contributed by atoms with Crippen molar-refractivity contribution in [2.75, 3.05) is 0 Å². The summed E-state index contributed by atoms with van der Waals surface area (Å²) in [4.78, 5) is 0. The highest BCUT2D eigenvalue weighted by atomic mass is 16.3. The average Bonchev–Trinajstić information content (AvgIpc) is 2.70. The topological polar surface area (TPSA) is 40.5 Å². The number of fused-ring (bicyclic) bond motifs is 3. The Bertz CT molecular complexity index is 545. The van der Waals surface area contributed by atoms with Gasteiger partial charge in [-0.3, -0.25) is 0 Å². The lowest BCUT2D eigenvalue weighted by Crippen LogP contribution is -2.43. The molecule has 2 N–H and O–H groups in total. The van der Waals surface area contributed by atoms with E-state index < -0.39 is 5.60 Å². The van der Waals surface area contributed by atoms with Crippen LogP contribution in [0, 0.1) is 35.0 Å². The second-order valence-electron chi connectivity index (χ2n) is 11.6. The fraction of sp³-hybridized carbons (Fsp3) is 0.923. The Morgan fingerprint density at radius 1 is 1.18 bits per heavy atom. The molecule has 0 radical (unpaired) electrons. The van der Waals surface area contributed by atoms with Crippen molar-refractivity contribution < 1.29 is 10.2 Å². The van der Waals surface area contributed by atoms with E-state index in [1.165, 1.54) is 44.9 Å². The van der Waals surface area contributed by atoms with Crippen molar-refractivity contribution in [3.8, 4) is 0 Å². The molecule has 162 valence electrons. The van der Waals surface area contributed by atoms with Crippen molar-refractivity contribution >= 4 is 0 Å². The van der Waals surface area contributed by atoms with Gasteiger partial charge in [0.1, 0.15) is 0 Å². The zero-order valence-electron chi connectivity index (χ0n) is 19.2. The summed E-state index contributed by atoms with van der Waals surface area (Å²) < 4.78 is 0. The molecule has 0 aromatic carbocycles. The fourth-order valence-electron chi connectivity index (χ4n) is 6.85. The maximum atomic E-state index is 10.2. The van der Waals surface area contributed by atoms with E-state index in [4.69, 9.17) is 0 Å². The summed E-state index contributed by atoms with van der Waals surface area (Å²) in [5, 5.41) is 20.3. The number of aliphatic hydroxyl groups is 2. The summed E-state index contributed by atoms with van der Waals surface area (Å²) in [6, 6.07) is 0. The van der Waals surface area contributed by atoms with E-state index in [-0.39, 0.29) is 6.10 Å². The summed E-state index contributed by atoms with van der Waals surface area (Å²) in [6.45, 7) is 11.4. The highest BCUT2D eigenvalue weighted by Crippen LogP contribution is 2.56. The smallest absolute Gasteiger partial charge is 0.0591 e. The van der Waals surface area contributed by atoms with Gasteiger partial charge in [-0.1, -0.05) is 51.7 Å². The first kappa shape index (κ1) is 22.3. The fourth-order valence-corrected chi connectivity index (χ4v) is 6.85. The van der Waals surface area contributed by atoms with Crippen molar-refractivity contribution in [3.05, 3.63) is 11.6 Å². The molecule has 0 aromatic rings. The van der Waals surface area contributed by atoms with E-state index in [0.29, 0.717) is 11.3 Å². The van der Waals surface area contributed by atoms with Crippen LogP contribution in [0.2, 0.25) is 0 Å². The molecule has 2 fully saturated rings. The first-order chi connectivity index (χ1) is 13.1. The van der Waals surface area contributed by atoms with E-state index in [9.17, 15) is 10.2 Å². The first-order valence-corrected chi connectivity index (χ1v) is 12.2. The predicted octanol–water partition coefficient (Wildman–Crippen LogP) is 6.50. The zero-order valence-corrected chi connectivity index (χ0v) is 19.2. The normalized spacial score (nSPS) is 41.0. The number of hydrogen-bond donors (Lipinski definition) is 2. The van der Waals surface area contributed by atoms with Crippen molar-refractivity contribution in [3.63, 3.8) is 0 Å². The van der Waals surface area contributed by atoms with Crippen LogP contribution in [-0.4, -0.2) is 21.9 Å². The van der Waals surface area contributed by atoms with E-state index in [2.05, 4.69) is 26.8 Å². The Morgan fingerprint density at radius 3 is 2.64 bits per heavy atom. The third-order valence-corrected chi connectivity index (χ3v) is 8.99. The third kappa shape index (κ3) is 5.04. The summed E-state index contributed by atoms with van der Waals surface area (Å²) in [5.41, 5.74) is 1.38. The van der Waals surface area contributed by atoms with Gasteiger partial charge in [0.2, 0.25) is 0 Å². The minimum Gasteiger partial charge on any atom is -0.393 e. The minimum absolute atomic E-state index is 0.106. The minimum atomic E-state index is -0.531. The molecule has 0 bridgehead atoms. The van der Waals surface area contributed by atoms with Crippen molar-refractivity contribution in [2.24, 2.45) is 35.0 Å². The van der Waals surface area contributed by atoms with Crippen LogP contribution in [-0.2, 0) is 0 Å². The molecule has 3 rings (SSSR count). The zero-order chi connectivity index (χ0) is 20.5. The van der Waals surface area contributed by atoms with Crippen LogP contribution in [0.5, 0.6) is 0 Å². The molecule has 0 aliphatic heterocycles. The lowest BCUT2D eigenvalue weighted by molar-refractivity contribution is 0.0308. The standard InChI is InChI=1S/C26H46O2/c1-18(13-15-25(3,4)28)20-7-6-8-24-23(19(2)9-10-20)12-11-21-17-22(27)14-16-26(21,24)5/h11,18-20,22-24,27-28H,6-10,12-17H2,1-5H3/t18-,19?,20-,22+,23?,24?,26+/m1/s1. The Morgan fingerprint density at radius 2 is 1.93 bits per heavy atom. The van der Waals surface area contributed by atoms with Gasteiger partial charge in [0, 0.05) is 0 Å². The Hall–Kier alpha value is -0.340. The van der Waals surface area contributed by atoms with Crippen molar-refractivity contribution in [2.45, 2.75) is 117 Å². The van der Waals surface area contributed by atoms with E-state index in [1.807, 2.05) is 13.8 Å². The molecule has 0 spiro atoms. The SMILES string of the molecule is CC1CC[C@H]([C@H](C)CCC(C)(C)O)CCCC2C1CC=C1C[C@@H](O)CC[C@@]12C. The van der Waals surface area contributed by atoms with Gasteiger partial charge in [-0.05, 0) is 100 Å². The number of allylic oxidation sites excluding steroid dienone is 1. The molecule has 3 unspecified atom stereocenters. The van der Waals surface area contributed by atoms with Gasteiger partial charge in [-0.15, -0.1) is 0 Å². The lowest BCUT2D eigenvalue weighted by atomic mass is 9.54. The summed E-state index contributed by atoms with van der Waals surface area (Å²) in [6.07, 6.45) is 15.6. The first-order valence-electron chi connectivity index (χ1n) is 12.2. The Balaban J connectivity index is 1.69. The molecular formula is C26H46O2. The van der Waals surface area contributed by atoms with Crippen LogP contribution in [0.3, 0.4) is 0 Å². The summed E-state index contributed by atoms with van der Waals surface area (Å²) in [5.74, 6) is 3.97. The maximum absolute atomic E-state index is 10.2. The molecule has 3 aliphatic carbocycles.